The van der Waals surface area contributed by atoms with Gasteiger partial charge in [0.25, 0.3) is 0 Å². The summed E-state index contributed by atoms with van der Waals surface area (Å²) in [6.07, 6.45) is 4.35. The topological polar surface area (TPSA) is 80.1 Å². The molecule has 160 valence electrons. The minimum atomic E-state index is -0.538. The second-order valence-electron chi connectivity index (χ2n) is 7.71. The summed E-state index contributed by atoms with van der Waals surface area (Å²) in [6, 6.07) is 11.7. The summed E-state index contributed by atoms with van der Waals surface area (Å²) < 4.78 is 14.8. The van der Waals surface area contributed by atoms with Gasteiger partial charge in [0.1, 0.15) is 5.82 Å². The van der Waals surface area contributed by atoms with Crippen LogP contribution in [0, 0.1) is 5.82 Å². The first-order valence-corrected chi connectivity index (χ1v) is 10.2. The van der Waals surface area contributed by atoms with Crippen molar-refractivity contribution in [3.05, 3.63) is 83.2 Å². The fourth-order valence-electron chi connectivity index (χ4n) is 3.81. The summed E-state index contributed by atoms with van der Waals surface area (Å²) in [5, 5.41) is 7.39. The fraction of sp³-hybridized carbons (Fsp3) is 0.304. The van der Waals surface area contributed by atoms with Crippen molar-refractivity contribution in [3.63, 3.8) is 0 Å². The highest BCUT2D eigenvalue weighted by atomic mass is 19.1. The zero-order chi connectivity index (χ0) is 21.8. The molecule has 2 aromatic heterocycles. The van der Waals surface area contributed by atoms with Crippen molar-refractivity contribution in [2.45, 2.75) is 31.8 Å². The monoisotopic (exact) mass is 421 g/mol. The van der Waals surface area contributed by atoms with Crippen LogP contribution in [-0.2, 0) is 36.1 Å². The van der Waals surface area contributed by atoms with E-state index in [0.717, 1.165) is 16.8 Å². The van der Waals surface area contributed by atoms with Crippen molar-refractivity contribution in [1.29, 1.82) is 0 Å². The third-order valence-electron chi connectivity index (χ3n) is 5.41. The second kappa shape index (κ2) is 9.07. The second-order valence-corrected chi connectivity index (χ2v) is 7.71. The molecular weight excluding hydrogens is 397 g/mol. The lowest BCUT2D eigenvalue weighted by Gasteiger charge is -2.31. The summed E-state index contributed by atoms with van der Waals surface area (Å²) >= 11 is 0. The molecule has 1 atom stereocenters. The molecular formula is C23H24FN5O2. The average Bonchev–Trinajstić information content (AvgIpc) is 3.17. The van der Waals surface area contributed by atoms with Gasteiger partial charge in [0.05, 0.1) is 23.9 Å². The Morgan fingerprint density at radius 3 is 2.74 bits per heavy atom. The van der Waals surface area contributed by atoms with Crippen molar-refractivity contribution in [3.8, 4) is 0 Å². The Morgan fingerprint density at radius 1 is 1.19 bits per heavy atom. The molecule has 7 nitrogen and oxygen atoms in total. The Labute approximate surface area is 179 Å². The maximum atomic E-state index is 13.1. The lowest BCUT2D eigenvalue weighted by molar-refractivity contribution is -0.133. The normalized spacial score (nSPS) is 15.4. The molecule has 4 rings (SSSR count). The minimum absolute atomic E-state index is 0.0404. The molecule has 1 N–H and O–H groups in total. The quantitative estimate of drug-likeness (QED) is 0.663. The molecule has 1 aliphatic rings. The molecule has 31 heavy (non-hydrogen) atoms. The minimum Gasteiger partial charge on any atom is -0.350 e. The van der Waals surface area contributed by atoms with Gasteiger partial charge in [-0.2, -0.15) is 5.10 Å². The van der Waals surface area contributed by atoms with Gasteiger partial charge in [-0.05, 0) is 36.2 Å². The zero-order valence-corrected chi connectivity index (χ0v) is 17.3. The molecule has 0 saturated carbocycles. The number of pyridine rings is 1. The number of nitrogens with zero attached hydrogens (tertiary/aromatic N) is 4. The average molecular weight is 421 g/mol. The van der Waals surface area contributed by atoms with Gasteiger partial charge in [-0.25, -0.2) is 4.39 Å². The van der Waals surface area contributed by atoms with Crippen LogP contribution in [0.5, 0.6) is 0 Å². The Bertz CT molecular complexity index is 1070. The highest BCUT2D eigenvalue weighted by Gasteiger charge is 2.35. The molecule has 3 aromatic rings. The van der Waals surface area contributed by atoms with Crippen LogP contribution in [0.2, 0.25) is 0 Å². The number of carbonyl (C=O) groups excluding carboxylic acids is 2. The van der Waals surface area contributed by atoms with E-state index in [1.807, 2.05) is 31.4 Å². The number of aromatic nitrogens is 3. The Kier molecular flexibility index (Phi) is 6.06. The van der Waals surface area contributed by atoms with E-state index in [4.69, 9.17) is 0 Å². The number of benzene rings is 1. The zero-order valence-electron chi connectivity index (χ0n) is 17.3. The smallest absolute Gasteiger partial charge is 0.231 e. The van der Waals surface area contributed by atoms with Crippen molar-refractivity contribution in [2.75, 3.05) is 6.54 Å². The fourth-order valence-corrected chi connectivity index (χ4v) is 3.81. The van der Waals surface area contributed by atoms with Gasteiger partial charge in [0, 0.05) is 44.5 Å². The van der Waals surface area contributed by atoms with Gasteiger partial charge in [0.2, 0.25) is 11.8 Å². The third kappa shape index (κ3) is 4.96. The first-order chi connectivity index (χ1) is 15.0. The van der Waals surface area contributed by atoms with Crippen LogP contribution in [0.4, 0.5) is 4.39 Å². The van der Waals surface area contributed by atoms with Crippen LogP contribution in [0.3, 0.4) is 0 Å². The van der Waals surface area contributed by atoms with Crippen molar-refractivity contribution in [2.24, 2.45) is 7.05 Å². The van der Waals surface area contributed by atoms with Crippen LogP contribution in [0.15, 0.2) is 54.9 Å². The molecule has 2 amide bonds. The van der Waals surface area contributed by atoms with E-state index in [-0.39, 0.29) is 24.2 Å². The molecule has 0 fully saturated rings. The van der Waals surface area contributed by atoms with Gasteiger partial charge >= 0.3 is 0 Å². The van der Waals surface area contributed by atoms with E-state index in [1.165, 1.54) is 12.1 Å². The molecule has 0 saturated heterocycles. The van der Waals surface area contributed by atoms with E-state index in [1.54, 1.807) is 27.9 Å². The number of hydrogen-bond acceptors (Lipinski definition) is 4. The summed E-state index contributed by atoms with van der Waals surface area (Å²) in [6.45, 7) is 1.02. The van der Waals surface area contributed by atoms with Crippen LogP contribution >= 0.6 is 0 Å². The van der Waals surface area contributed by atoms with Crippen molar-refractivity contribution < 1.29 is 14.0 Å². The first-order valence-electron chi connectivity index (χ1n) is 10.2. The first kappa shape index (κ1) is 20.7. The Morgan fingerprint density at radius 2 is 2.00 bits per heavy atom. The van der Waals surface area contributed by atoms with Gasteiger partial charge in [-0.3, -0.25) is 19.3 Å². The van der Waals surface area contributed by atoms with Gasteiger partial charge in [-0.1, -0.05) is 18.2 Å². The maximum absolute atomic E-state index is 13.1. The summed E-state index contributed by atoms with van der Waals surface area (Å²) in [4.78, 5) is 31.8. The van der Waals surface area contributed by atoms with Crippen molar-refractivity contribution >= 4 is 11.8 Å². The number of fused-ring (bicyclic) bond motifs is 1. The molecule has 1 unspecified atom stereocenters. The molecule has 0 spiro atoms. The number of rotatable bonds is 6. The highest BCUT2D eigenvalue weighted by Crippen LogP contribution is 2.28. The van der Waals surface area contributed by atoms with Crippen LogP contribution in [-0.4, -0.2) is 38.0 Å². The predicted molar refractivity (Wildman–Crippen MR) is 112 cm³/mol. The molecule has 0 bridgehead atoms. The molecule has 0 aliphatic carbocycles. The lowest BCUT2D eigenvalue weighted by Crippen LogP contribution is -2.43. The van der Waals surface area contributed by atoms with Gasteiger partial charge in [-0.15, -0.1) is 0 Å². The van der Waals surface area contributed by atoms with E-state index in [9.17, 15) is 14.0 Å². The van der Waals surface area contributed by atoms with E-state index in [2.05, 4.69) is 15.4 Å². The number of hydrogen-bond donors (Lipinski definition) is 1. The number of carbonyl (C=O) groups is 2. The molecule has 8 heteroatoms. The highest BCUT2D eigenvalue weighted by molar-refractivity contribution is 5.86. The van der Waals surface area contributed by atoms with E-state index in [0.29, 0.717) is 31.6 Å². The van der Waals surface area contributed by atoms with E-state index < -0.39 is 5.92 Å². The van der Waals surface area contributed by atoms with Gasteiger partial charge in [0.15, 0.2) is 0 Å². The third-order valence-corrected chi connectivity index (χ3v) is 5.41. The lowest BCUT2D eigenvalue weighted by atomic mass is 9.95. The Hall–Kier alpha value is -3.55. The van der Waals surface area contributed by atoms with E-state index >= 15 is 0 Å². The Balaban J connectivity index is 1.43. The number of halogens is 1. The largest absolute Gasteiger partial charge is 0.350 e. The van der Waals surface area contributed by atoms with Crippen LogP contribution < -0.4 is 5.32 Å². The predicted octanol–water partition coefficient (Wildman–Crippen LogP) is 2.33. The van der Waals surface area contributed by atoms with Crippen LogP contribution in [0.25, 0.3) is 0 Å². The molecule has 1 aromatic carbocycles. The number of amides is 2. The number of aryl methyl sites for hydroxylation is 2. The van der Waals surface area contributed by atoms with Crippen LogP contribution in [0.1, 0.15) is 34.9 Å². The summed E-state index contributed by atoms with van der Waals surface area (Å²) in [5.41, 5.74) is 3.25. The van der Waals surface area contributed by atoms with Gasteiger partial charge < -0.3 is 10.2 Å². The number of nitrogens with one attached hydrogen (secondary N) is 1. The standard InChI is InChI=1S/C23H24FN5O2/c1-28-13-17-14-29(21(30)10-7-16-5-8-18(24)9-6-16)15-20(22(17)27-28)23(31)26-12-19-4-2-3-11-25-19/h2-6,8-9,11,13,20H,7,10,12,14-15H2,1H3,(H,26,31). The summed E-state index contributed by atoms with van der Waals surface area (Å²) in [5.74, 6) is -1.05. The maximum Gasteiger partial charge on any atom is 0.231 e. The molecule has 1 aliphatic heterocycles. The molecule has 0 radical (unpaired) electrons. The molecule has 3 heterocycles. The SMILES string of the molecule is Cn1cc2c(n1)C(C(=O)NCc1ccccn1)CN(C(=O)CCc1ccc(F)cc1)C2. The summed E-state index contributed by atoms with van der Waals surface area (Å²) in [7, 11) is 1.81. The van der Waals surface area contributed by atoms with Crippen molar-refractivity contribution in [1.82, 2.24) is 25.0 Å².